The quantitative estimate of drug-likeness (QED) is 0.525. The molecule has 0 aliphatic rings. The molecule has 4 nitrogen and oxygen atoms in total. The normalized spacial score (nSPS) is 11.5. The van der Waals surface area contributed by atoms with Crippen LogP contribution in [0, 0.1) is 5.82 Å². The molecule has 0 unspecified atom stereocenters. The van der Waals surface area contributed by atoms with Gasteiger partial charge in [-0.2, -0.15) is 0 Å². The molecule has 0 spiro atoms. The van der Waals surface area contributed by atoms with Crippen LogP contribution in [0.4, 0.5) is 10.1 Å². The third-order valence-corrected chi connectivity index (χ3v) is 5.51. The van der Waals surface area contributed by atoms with Gasteiger partial charge in [-0.3, -0.25) is 9.59 Å². The minimum Gasteiger partial charge on any atom is -0.345 e. The second-order valence-corrected chi connectivity index (χ2v) is 7.80. The molecule has 3 aromatic carbocycles. The average Bonchev–Trinajstić information content (AvgIpc) is 2.76. The lowest BCUT2D eigenvalue weighted by molar-refractivity contribution is -0.113. The number of halogens is 1. The Bertz CT molecular complexity index is 994. The summed E-state index contributed by atoms with van der Waals surface area (Å²) in [7, 11) is 0. The fourth-order valence-corrected chi connectivity index (χ4v) is 3.71. The molecular formula is C24H23FN2O2S. The van der Waals surface area contributed by atoms with Gasteiger partial charge in [0.2, 0.25) is 5.91 Å². The molecule has 3 rings (SSSR count). The van der Waals surface area contributed by atoms with Crippen LogP contribution in [-0.2, 0) is 10.5 Å². The zero-order chi connectivity index (χ0) is 21.3. The maximum absolute atomic E-state index is 13.0. The number of rotatable bonds is 8. The van der Waals surface area contributed by atoms with E-state index in [4.69, 9.17) is 0 Å². The van der Waals surface area contributed by atoms with E-state index in [0.29, 0.717) is 17.0 Å². The number of amides is 2. The van der Waals surface area contributed by atoms with Gasteiger partial charge in [-0.1, -0.05) is 54.6 Å². The fourth-order valence-electron chi connectivity index (χ4n) is 2.92. The molecule has 2 amide bonds. The van der Waals surface area contributed by atoms with Crippen molar-refractivity contribution < 1.29 is 14.0 Å². The average molecular weight is 423 g/mol. The molecule has 2 N–H and O–H groups in total. The highest BCUT2D eigenvalue weighted by Gasteiger charge is 2.16. The largest absolute Gasteiger partial charge is 0.345 e. The Morgan fingerprint density at radius 3 is 2.33 bits per heavy atom. The number of hydrogen-bond acceptors (Lipinski definition) is 3. The summed E-state index contributed by atoms with van der Waals surface area (Å²) in [5.41, 5.74) is 2.84. The summed E-state index contributed by atoms with van der Waals surface area (Å²) in [5, 5.41) is 5.79. The summed E-state index contributed by atoms with van der Waals surface area (Å²) in [6, 6.07) is 22.7. The van der Waals surface area contributed by atoms with E-state index in [2.05, 4.69) is 10.6 Å². The molecule has 0 saturated carbocycles. The first-order chi connectivity index (χ1) is 14.5. The van der Waals surface area contributed by atoms with Gasteiger partial charge in [-0.25, -0.2) is 4.39 Å². The van der Waals surface area contributed by atoms with Crippen molar-refractivity contribution >= 4 is 29.3 Å². The molecule has 0 aliphatic heterocycles. The SMILES string of the molecule is C[C@@H](NC(=O)c1ccccc1NC(=O)CSCc1ccc(F)cc1)c1ccccc1. The third kappa shape index (κ3) is 6.19. The fraction of sp³-hybridized carbons (Fsp3) is 0.167. The molecule has 0 saturated heterocycles. The number of hydrogen-bond donors (Lipinski definition) is 2. The van der Waals surface area contributed by atoms with E-state index >= 15 is 0 Å². The predicted molar refractivity (Wildman–Crippen MR) is 120 cm³/mol. The van der Waals surface area contributed by atoms with Crippen LogP contribution in [-0.4, -0.2) is 17.6 Å². The summed E-state index contributed by atoms with van der Waals surface area (Å²) in [4.78, 5) is 25.1. The molecule has 1 atom stereocenters. The Balaban J connectivity index is 1.56. The zero-order valence-electron chi connectivity index (χ0n) is 16.6. The highest BCUT2D eigenvalue weighted by Crippen LogP contribution is 2.19. The molecule has 0 heterocycles. The van der Waals surface area contributed by atoms with Crippen molar-refractivity contribution in [2.75, 3.05) is 11.1 Å². The molecule has 3 aromatic rings. The van der Waals surface area contributed by atoms with Crippen molar-refractivity contribution in [1.29, 1.82) is 0 Å². The summed E-state index contributed by atoms with van der Waals surface area (Å²) in [5.74, 6) is 0.107. The maximum Gasteiger partial charge on any atom is 0.253 e. The van der Waals surface area contributed by atoms with Gasteiger partial charge in [0.1, 0.15) is 5.82 Å². The van der Waals surface area contributed by atoms with Crippen molar-refractivity contribution in [3.8, 4) is 0 Å². The number of thioether (sulfide) groups is 1. The van der Waals surface area contributed by atoms with E-state index in [1.165, 1.54) is 23.9 Å². The zero-order valence-corrected chi connectivity index (χ0v) is 17.4. The molecule has 154 valence electrons. The van der Waals surface area contributed by atoms with Crippen molar-refractivity contribution in [2.45, 2.75) is 18.7 Å². The van der Waals surface area contributed by atoms with Crippen molar-refractivity contribution in [3.63, 3.8) is 0 Å². The topological polar surface area (TPSA) is 58.2 Å². The van der Waals surface area contributed by atoms with Crippen LogP contribution in [0.3, 0.4) is 0 Å². The first-order valence-corrected chi connectivity index (χ1v) is 10.8. The van der Waals surface area contributed by atoms with E-state index < -0.39 is 0 Å². The number of benzene rings is 3. The monoisotopic (exact) mass is 422 g/mol. The highest BCUT2D eigenvalue weighted by atomic mass is 32.2. The molecule has 30 heavy (non-hydrogen) atoms. The van der Waals surface area contributed by atoms with Crippen molar-refractivity contribution in [3.05, 3.63) is 101 Å². The van der Waals surface area contributed by atoms with Crippen LogP contribution in [0.1, 0.15) is 34.5 Å². The van der Waals surface area contributed by atoms with E-state index in [0.717, 1.165) is 11.1 Å². The van der Waals surface area contributed by atoms with Crippen LogP contribution in [0.5, 0.6) is 0 Å². The van der Waals surface area contributed by atoms with Gasteiger partial charge in [0.25, 0.3) is 5.91 Å². The number of carbonyl (C=O) groups is 2. The second-order valence-electron chi connectivity index (χ2n) is 6.82. The van der Waals surface area contributed by atoms with E-state index in [-0.39, 0.29) is 29.4 Å². The summed E-state index contributed by atoms with van der Waals surface area (Å²) in [6.45, 7) is 1.92. The summed E-state index contributed by atoms with van der Waals surface area (Å²) in [6.07, 6.45) is 0. The van der Waals surface area contributed by atoms with Crippen LogP contribution in [0.15, 0.2) is 78.9 Å². The first kappa shape index (κ1) is 21.6. The van der Waals surface area contributed by atoms with E-state index in [1.54, 1.807) is 36.4 Å². The van der Waals surface area contributed by atoms with Crippen LogP contribution in [0.25, 0.3) is 0 Å². The predicted octanol–water partition coefficient (Wildman–Crippen LogP) is 5.19. The smallest absolute Gasteiger partial charge is 0.253 e. The lowest BCUT2D eigenvalue weighted by atomic mass is 10.1. The Morgan fingerprint density at radius 2 is 1.60 bits per heavy atom. The standard InChI is InChI=1S/C24H23FN2O2S/c1-17(19-7-3-2-4-8-19)26-24(29)21-9-5-6-10-22(21)27-23(28)16-30-15-18-11-13-20(25)14-12-18/h2-14,17H,15-16H2,1H3,(H,26,29)(H,27,28)/t17-/m1/s1. The number of anilines is 1. The van der Waals surface area contributed by atoms with E-state index in [9.17, 15) is 14.0 Å². The minimum absolute atomic E-state index is 0.159. The summed E-state index contributed by atoms with van der Waals surface area (Å²) < 4.78 is 13.0. The number of para-hydroxylation sites is 1. The van der Waals surface area contributed by atoms with Crippen LogP contribution >= 0.6 is 11.8 Å². The van der Waals surface area contributed by atoms with Crippen molar-refractivity contribution in [1.82, 2.24) is 5.32 Å². The third-order valence-electron chi connectivity index (χ3n) is 4.51. The van der Waals surface area contributed by atoms with E-state index in [1.807, 2.05) is 37.3 Å². The summed E-state index contributed by atoms with van der Waals surface area (Å²) >= 11 is 1.43. The van der Waals surface area contributed by atoms with Crippen molar-refractivity contribution in [2.24, 2.45) is 0 Å². The van der Waals surface area contributed by atoms with Gasteiger partial charge in [0.05, 0.1) is 23.0 Å². The lowest BCUT2D eigenvalue weighted by Crippen LogP contribution is -2.28. The van der Waals surface area contributed by atoms with Gasteiger partial charge in [0, 0.05) is 5.75 Å². The van der Waals surface area contributed by atoms with Gasteiger partial charge in [-0.05, 0) is 42.3 Å². The Morgan fingerprint density at radius 1 is 0.933 bits per heavy atom. The van der Waals surface area contributed by atoms with Gasteiger partial charge in [-0.15, -0.1) is 11.8 Å². The molecule has 0 aromatic heterocycles. The Kier molecular flexibility index (Phi) is 7.63. The Labute approximate surface area is 179 Å². The van der Waals surface area contributed by atoms with Crippen LogP contribution in [0.2, 0.25) is 0 Å². The number of nitrogens with one attached hydrogen (secondary N) is 2. The Hall–Kier alpha value is -3.12. The molecule has 6 heteroatoms. The van der Waals surface area contributed by atoms with Crippen LogP contribution < -0.4 is 10.6 Å². The second kappa shape index (κ2) is 10.6. The molecule has 0 aliphatic carbocycles. The first-order valence-electron chi connectivity index (χ1n) is 9.60. The lowest BCUT2D eigenvalue weighted by Gasteiger charge is -2.16. The number of carbonyl (C=O) groups excluding carboxylic acids is 2. The molecule has 0 bridgehead atoms. The molecule has 0 fully saturated rings. The minimum atomic E-state index is -0.280. The maximum atomic E-state index is 13.0. The highest BCUT2D eigenvalue weighted by molar-refractivity contribution is 7.99. The van der Waals surface area contributed by atoms with Gasteiger partial charge in [0.15, 0.2) is 0 Å². The van der Waals surface area contributed by atoms with Gasteiger partial charge < -0.3 is 10.6 Å². The molecular weight excluding hydrogens is 399 g/mol. The van der Waals surface area contributed by atoms with Gasteiger partial charge >= 0.3 is 0 Å². The molecule has 0 radical (unpaired) electrons.